The Morgan fingerprint density at radius 1 is 0.900 bits per heavy atom. The third-order valence-electron chi connectivity index (χ3n) is 3.50. The second-order valence-electron chi connectivity index (χ2n) is 5.08. The summed E-state index contributed by atoms with van der Waals surface area (Å²) in [4.78, 5) is 0. The van der Waals surface area contributed by atoms with Crippen molar-refractivity contribution in [2.75, 3.05) is 0 Å². The number of benzene rings is 2. The van der Waals surface area contributed by atoms with E-state index in [-0.39, 0.29) is 17.9 Å². The van der Waals surface area contributed by atoms with Crippen LogP contribution >= 0.6 is 0 Å². The molecule has 0 aliphatic rings. The van der Waals surface area contributed by atoms with Crippen LogP contribution in [-0.2, 0) is 0 Å². The Morgan fingerprint density at radius 2 is 1.50 bits per heavy atom. The van der Waals surface area contributed by atoms with Gasteiger partial charge in [-0.2, -0.15) is 0 Å². The highest BCUT2D eigenvalue weighted by Gasteiger charge is 2.18. The van der Waals surface area contributed by atoms with Crippen LogP contribution in [0.5, 0.6) is 0 Å². The van der Waals surface area contributed by atoms with Gasteiger partial charge in [-0.25, -0.2) is 4.39 Å². The molecular weight excluding hydrogens is 253 g/mol. The number of nitrogens with one attached hydrogen (secondary N) is 1. The van der Waals surface area contributed by atoms with Gasteiger partial charge in [0.2, 0.25) is 0 Å². The fourth-order valence-corrected chi connectivity index (χ4v) is 2.27. The number of aliphatic hydroxyl groups excluding tert-OH is 1. The quantitative estimate of drug-likeness (QED) is 0.872. The first-order chi connectivity index (χ1) is 9.58. The molecule has 2 rings (SSSR count). The minimum atomic E-state index is -0.665. The molecule has 0 bridgehead atoms. The zero-order valence-electron chi connectivity index (χ0n) is 11.8. The van der Waals surface area contributed by atoms with Gasteiger partial charge < -0.3 is 10.4 Å². The van der Waals surface area contributed by atoms with Crippen LogP contribution in [0, 0.1) is 5.82 Å². The Morgan fingerprint density at radius 3 is 2.10 bits per heavy atom. The summed E-state index contributed by atoms with van der Waals surface area (Å²) in [5, 5.41) is 13.7. The number of rotatable bonds is 5. The molecule has 0 spiro atoms. The third-order valence-corrected chi connectivity index (χ3v) is 3.50. The van der Waals surface area contributed by atoms with Crippen LogP contribution < -0.4 is 5.32 Å². The minimum Gasteiger partial charge on any atom is -0.387 e. The van der Waals surface area contributed by atoms with Gasteiger partial charge in [0.15, 0.2) is 0 Å². The van der Waals surface area contributed by atoms with E-state index in [4.69, 9.17) is 0 Å². The molecule has 0 saturated carbocycles. The smallest absolute Gasteiger partial charge is 0.123 e. The lowest BCUT2D eigenvalue weighted by molar-refractivity contribution is 0.130. The van der Waals surface area contributed by atoms with E-state index in [1.165, 1.54) is 17.7 Å². The van der Waals surface area contributed by atoms with Gasteiger partial charge >= 0.3 is 0 Å². The van der Waals surface area contributed by atoms with Crippen LogP contribution in [0.3, 0.4) is 0 Å². The first-order valence-corrected chi connectivity index (χ1v) is 6.82. The zero-order chi connectivity index (χ0) is 14.5. The molecular formula is C17H20FNO. The Labute approximate surface area is 119 Å². The van der Waals surface area contributed by atoms with E-state index in [0.717, 1.165) is 0 Å². The van der Waals surface area contributed by atoms with Crippen LogP contribution in [0.25, 0.3) is 0 Å². The second kappa shape index (κ2) is 6.64. The standard InChI is InChI=1S/C17H20FNO/c1-12(14-6-4-3-5-7-14)19-13(2)17(20)15-8-10-16(18)11-9-15/h3-13,17,19-20H,1-2H3. The normalized spacial score (nSPS) is 15.6. The van der Waals surface area contributed by atoms with Crippen molar-refractivity contribution in [3.05, 3.63) is 71.5 Å². The molecule has 2 aromatic carbocycles. The molecule has 2 nitrogen and oxygen atoms in total. The predicted molar refractivity (Wildman–Crippen MR) is 78.8 cm³/mol. The van der Waals surface area contributed by atoms with Crippen LogP contribution in [0.1, 0.15) is 37.1 Å². The van der Waals surface area contributed by atoms with Crippen molar-refractivity contribution >= 4 is 0 Å². The number of halogens is 1. The lowest BCUT2D eigenvalue weighted by Crippen LogP contribution is -2.34. The Bertz CT molecular complexity index is 526. The molecule has 106 valence electrons. The van der Waals surface area contributed by atoms with Gasteiger partial charge in [0, 0.05) is 12.1 Å². The van der Waals surface area contributed by atoms with Crippen LogP contribution in [0.15, 0.2) is 54.6 Å². The van der Waals surface area contributed by atoms with Crippen molar-refractivity contribution in [3.63, 3.8) is 0 Å². The summed E-state index contributed by atoms with van der Waals surface area (Å²) in [5.74, 6) is -0.292. The van der Waals surface area contributed by atoms with Gasteiger partial charge in [0.1, 0.15) is 5.82 Å². The predicted octanol–water partition coefficient (Wildman–Crippen LogP) is 3.60. The van der Waals surface area contributed by atoms with Gasteiger partial charge in [-0.05, 0) is 37.1 Å². The van der Waals surface area contributed by atoms with Gasteiger partial charge in [0.05, 0.1) is 6.10 Å². The SMILES string of the molecule is CC(NC(C)C(O)c1ccc(F)cc1)c1ccccc1. The van der Waals surface area contributed by atoms with E-state index in [1.54, 1.807) is 12.1 Å². The van der Waals surface area contributed by atoms with E-state index < -0.39 is 6.10 Å². The Balaban J connectivity index is 2.00. The lowest BCUT2D eigenvalue weighted by atomic mass is 10.0. The molecule has 20 heavy (non-hydrogen) atoms. The van der Waals surface area contributed by atoms with Crippen molar-refractivity contribution in [2.45, 2.75) is 32.0 Å². The van der Waals surface area contributed by atoms with Crippen molar-refractivity contribution < 1.29 is 9.50 Å². The minimum absolute atomic E-state index is 0.129. The largest absolute Gasteiger partial charge is 0.387 e. The van der Waals surface area contributed by atoms with E-state index in [1.807, 2.05) is 25.1 Å². The summed E-state index contributed by atoms with van der Waals surface area (Å²) in [6.07, 6.45) is -0.665. The number of aliphatic hydroxyl groups is 1. The molecule has 3 heteroatoms. The molecule has 0 aliphatic carbocycles. The summed E-state index contributed by atoms with van der Waals surface area (Å²) in [6, 6.07) is 16.0. The molecule has 0 saturated heterocycles. The highest BCUT2D eigenvalue weighted by Crippen LogP contribution is 2.20. The summed E-state index contributed by atoms with van der Waals surface area (Å²) in [5.41, 5.74) is 1.89. The summed E-state index contributed by atoms with van der Waals surface area (Å²) in [7, 11) is 0. The second-order valence-corrected chi connectivity index (χ2v) is 5.08. The zero-order valence-corrected chi connectivity index (χ0v) is 11.8. The first-order valence-electron chi connectivity index (χ1n) is 6.82. The Hall–Kier alpha value is -1.71. The van der Waals surface area contributed by atoms with E-state index >= 15 is 0 Å². The third kappa shape index (κ3) is 3.65. The maximum atomic E-state index is 12.9. The molecule has 0 fully saturated rings. The number of hydrogen-bond donors (Lipinski definition) is 2. The van der Waals surface area contributed by atoms with Crippen molar-refractivity contribution in [1.82, 2.24) is 5.32 Å². The molecule has 3 atom stereocenters. The van der Waals surface area contributed by atoms with E-state index in [0.29, 0.717) is 5.56 Å². The molecule has 0 amide bonds. The van der Waals surface area contributed by atoms with Gasteiger partial charge in [0.25, 0.3) is 0 Å². The van der Waals surface area contributed by atoms with Gasteiger partial charge in [-0.3, -0.25) is 0 Å². The summed E-state index contributed by atoms with van der Waals surface area (Å²) < 4.78 is 12.9. The number of hydrogen-bond acceptors (Lipinski definition) is 2. The maximum Gasteiger partial charge on any atom is 0.123 e. The van der Waals surface area contributed by atoms with Crippen LogP contribution in [0.4, 0.5) is 4.39 Å². The monoisotopic (exact) mass is 273 g/mol. The molecule has 0 aromatic heterocycles. The molecule has 2 N–H and O–H groups in total. The molecule has 0 radical (unpaired) electrons. The van der Waals surface area contributed by atoms with Crippen LogP contribution in [-0.4, -0.2) is 11.1 Å². The fourth-order valence-electron chi connectivity index (χ4n) is 2.27. The topological polar surface area (TPSA) is 32.3 Å². The fraction of sp³-hybridized carbons (Fsp3) is 0.294. The van der Waals surface area contributed by atoms with Gasteiger partial charge in [-0.1, -0.05) is 42.5 Å². The highest BCUT2D eigenvalue weighted by molar-refractivity contribution is 5.21. The molecule has 0 heterocycles. The summed E-state index contributed by atoms with van der Waals surface area (Å²) >= 11 is 0. The van der Waals surface area contributed by atoms with Gasteiger partial charge in [-0.15, -0.1) is 0 Å². The average molecular weight is 273 g/mol. The molecule has 2 aromatic rings. The van der Waals surface area contributed by atoms with Crippen molar-refractivity contribution in [1.29, 1.82) is 0 Å². The highest BCUT2D eigenvalue weighted by atomic mass is 19.1. The average Bonchev–Trinajstić information content (AvgIpc) is 2.48. The lowest BCUT2D eigenvalue weighted by Gasteiger charge is -2.25. The first kappa shape index (κ1) is 14.7. The van der Waals surface area contributed by atoms with Crippen molar-refractivity contribution in [2.24, 2.45) is 0 Å². The van der Waals surface area contributed by atoms with E-state index in [9.17, 15) is 9.50 Å². The van der Waals surface area contributed by atoms with Crippen LogP contribution in [0.2, 0.25) is 0 Å². The molecule has 0 aliphatic heterocycles. The Kier molecular flexibility index (Phi) is 4.88. The van der Waals surface area contributed by atoms with Crippen molar-refractivity contribution in [3.8, 4) is 0 Å². The molecule has 3 unspecified atom stereocenters. The van der Waals surface area contributed by atoms with E-state index in [2.05, 4.69) is 24.4 Å². The summed E-state index contributed by atoms with van der Waals surface area (Å²) in [6.45, 7) is 3.98. The maximum absolute atomic E-state index is 12.9.